The van der Waals surface area contributed by atoms with Gasteiger partial charge in [0, 0.05) is 28.5 Å². The summed E-state index contributed by atoms with van der Waals surface area (Å²) < 4.78 is 21.9. The quantitative estimate of drug-likeness (QED) is 0.326. The molecule has 3 aromatic rings. The van der Waals surface area contributed by atoms with Crippen molar-refractivity contribution in [3.05, 3.63) is 63.0 Å². The van der Waals surface area contributed by atoms with Crippen LogP contribution >= 0.6 is 11.3 Å². The van der Waals surface area contributed by atoms with Gasteiger partial charge in [-0.25, -0.2) is 4.79 Å². The smallest absolute Gasteiger partial charge is 0.348 e. The number of nitrogens with zero attached hydrogens (tertiary/aromatic N) is 1. The zero-order chi connectivity index (χ0) is 23.7. The SMILES string of the molecule is O=C(COC(=O)c1cc2c(s1)-c1ccccc1OC2)Nc1cc2c(cc1[N+](=O)[O-])OCCCO2. The van der Waals surface area contributed by atoms with Crippen molar-refractivity contribution in [1.29, 1.82) is 0 Å². The fourth-order valence-corrected chi connectivity index (χ4v) is 4.73. The van der Waals surface area contributed by atoms with Crippen LogP contribution in [-0.2, 0) is 16.1 Å². The number of amides is 1. The molecule has 0 saturated heterocycles. The predicted octanol–water partition coefficient (Wildman–Crippen LogP) is 4.17. The summed E-state index contributed by atoms with van der Waals surface area (Å²) in [6.07, 6.45) is 0.629. The molecule has 2 aliphatic rings. The normalized spacial score (nSPS) is 13.5. The Balaban J connectivity index is 1.27. The average Bonchev–Trinajstić information content (AvgIpc) is 3.15. The van der Waals surface area contributed by atoms with Crippen LogP contribution in [0.1, 0.15) is 21.7 Å². The van der Waals surface area contributed by atoms with E-state index in [9.17, 15) is 19.7 Å². The number of rotatable bonds is 5. The van der Waals surface area contributed by atoms with Gasteiger partial charge in [-0.3, -0.25) is 14.9 Å². The number of nitro groups is 1. The van der Waals surface area contributed by atoms with Crippen molar-refractivity contribution in [3.63, 3.8) is 0 Å². The van der Waals surface area contributed by atoms with Crippen molar-refractivity contribution in [2.45, 2.75) is 13.0 Å². The topological polar surface area (TPSA) is 126 Å². The second kappa shape index (κ2) is 9.02. The van der Waals surface area contributed by atoms with Gasteiger partial charge < -0.3 is 24.3 Å². The standard InChI is InChI=1S/C23H18N2O8S/c26-21(24-15-9-18-19(10-16(15)25(28)29)31-7-3-6-30-18)12-33-23(27)20-8-13-11-32-17-5-2-1-4-14(17)22(13)34-20/h1-2,4-5,8-10H,3,6-7,11-12H2,(H,24,26). The molecule has 10 nitrogen and oxygen atoms in total. The highest BCUT2D eigenvalue weighted by molar-refractivity contribution is 7.17. The van der Waals surface area contributed by atoms with Gasteiger partial charge in [0.1, 0.15) is 22.9 Å². The number of carbonyl (C=O) groups excluding carboxylic acids is 2. The summed E-state index contributed by atoms with van der Waals surface area (Å²) in [7, 11) is 0. The molecule has 5 rings (SSSR count). The van der Waals surface area contributed by atoms with Gasteiger partial charge in [-0.1, -0.05) is 12.1 Å². The molecule has 1 aromatic heterocycles. The van der Waals surface area contributed by atoms with Gasteiger partial charge in [0.25, 0.3) is 11.6 Å². The van der Waals surface area contributed by atoms with Gasteiger partial charge in [-0.15, -0.1) is 11.3 Å². The third kappa shape index (κ3) is 4.25. The monoisotopic (exact) mass is 482 g/mol. The van der Waals surface area contributed by atoms with E-state index in [-0.39, 0.29) is 17.1 Å². The van der Waals surface area contributed by atoms with Crippen molar-refractivity contribution in [3.8, 4) is 27.7 Å². The van der Waals surface area contributed by atoms with Crippen LogP contribution in [0.3, 0.4) is 0 Å². The second-order valence-electron chi connectivity index (χ2n) is 7.50. The van der Waals surface area contributed by atoms with E-state index in [4.69, 9.17) is 18.9 Å². The highest BCUT2D eigenvalue weighted by atomic mass is 32.1. The number of thiophene rings is 1. The fourth-order valence-electron chi connectivity index (χ4n) is 3.64. The molecule has 0 bridgehead atoms. The third-order valence-electron chi connectivity index (χ3n) is 5.20. The van der Waals surface area contributed by atoms with Crippen molar-refractivity contribution < 1.29 is 33.5 Å². The number of nitrogens with one attached hydrogen (secondary N) is 1. The Kier molecular flexibility index (Phi) is 5.76. The summed E-state index contributed by atoms with van der Waals surface area (Å²) in [4.78, 5) is 37.1. The van der Waals surface area contributed by atoms with Crippen LogP contribution in [0.15, 0.2) is 42.5 Å². The Morgan fingerprint density at radius 3 is 2.62 bits per heavy atom. The number of anilines is 1. The van der Waals surface area contributed by atoms with Gasteiger partial charge in [0.15, 0.2) is 18.1 Å². The van der Waals surface area contributed by atoms with Gasteiger partial charge in [-0.05, 0) is 18.2 Å². The van der Waals surface area contributed by atoms with E-state index < -0.39 is 23.4 Å². The molecule has 174 valence electrons. The third-order valence-corrected chi connectivity index (χ3v) is 6.39. The molecule has 0 spiro atoms. The molecule has 0 atom stereocenters. The first-order valence-electron chi connectivity index (χ1n) is 10.4. The summed E-state index contributed by atoms with van der Waals surface area (Å²) in [5, 5.41) is 13.9. The molecule has 0 unspecified atom stereocenters. The highest BCUT2D eigenvalue weighted by Gasteiger charge is 2.25. The molecule has 3 heterocycles. The molecular weight excluding hydrogens is 464 g/mol. The van der Waals surface area contributed by atoms with Crippen LogP contribution in [-0.4, -0.2) is 36.6 Å². The van der Waals surface area contributed by atoms with Crippen LogP contribution in [0.2, 0.25) is 0 Å². The van der Waals surface area contributed by atoms with Gasteiger partial charge >= 0.3 is 5.97 Å². The molecule has 34 heavy (non-hydrogen) atoms. The molecule has 2 aromatic carbocycles. The maximum atomic E-state index is 12.6. The lowest BCUT2D eigenvalue weighted by molar-refractivity contribution is -0.384. The molecule has 1 N–H and O–H groups in total. The lowest BCUT2D eigenvalue weighted by Gasteiger charge is -2.16. The van der Waals surface area contributed by atoms with E-state index >= 15 is 0 Å². The van der Waals surface area contributed by atoms with Crippen molar-refractivity contribution in [2.75, 3.05) is 25.1 Å². The summed E-state index contributed by atoms with van der Waals surface area (Å²) in [5.41, 5.74) is 1.33. The number of esters is 1. The van der Waals surface area contributed by atoms with Crippen LogP contribution in [0.5, 0.6) is 17.2 Å². The zero-order valence-electron chi connectivity index (χ0n) is 17.7. The first kappa shape index (κ1) is 21.7. The van der Waals surface area contributed by atoms with E-state index in [1.165, 1.54) is 23.5 Å². The van der Waals surface area contributed by atoms with E-state index in [0.29, 0.717) is 36.9 Å². The number of para-hydroxylation sites is 1. The van der Waals surface area contributed by atoms with E-state index in [1.54, 1.807) is 6.07 Å². The maximum Gasteiger partial charge on any atom is 0.348 e. The number of hydrogen-bond acceptors (Lipinski definition) is 9. The number of ether oxygens (including phenoxy) is 4. The predicted molar refractivity (Wildman–Crippen MR) is 122 cm³/mol. The van der Waals surface area contributed by atoms with Gasteiger partial charge in [0.05, 0.1) is 24.2 Å². The number of carbonyl (C=O) groups is 2. The van der Waals surface area contributed by atoms with Crippen LogP contribution in [0, 0.1) is 10.1 Å². The van der Waals surface area contributed by atoms with E-state index in [1.807, 2.05) is 24.3 Å². The number of hydrogen-bond donors (Lipinski definition) is 1. The summed E-state index contributed by atoms with van der Waals surface area (Å²) >= 11 is 1.26. The molecule has 2 aliphatic heterocycles. The Morgan fingerprint density at radius 2 is 1.82 bits per heavy atom. The zero-order valence-corrected chi connectivity index (χ0v) is 18.5. The fraction of sp³-hybridized carbons (Fsp3) is 0.217. The lowest BCUT2D eigenvalue weighted by Crippen LogP contribution is -2.21. The summed E-state index contributed by atoms with van der Waals surface area (Å²) in [5.74, 6) is -0.114. The minimum absolute atomic E-state index is 0.0735. The minimum Gasteiger partial charge on any atom is -0.489 e. The Hall–Kier alpha value is -4.12. The Bertz CT molecular complexity index is 1300. The van der Waals surface area contributed by atoms with Crippen molar-refractivity contribution in [1.82, 2.24) is 0 Å². The Morgan fingerprint density at radius 1 is 1.06 bits per heavy atom. The average molecular weight is 482 g/mol. The first-order valence-corrected chi connectivity index (χ1v) is 11.2. The largest absolute Gasteiger partial charge is 0.489 e. The van der Waals surface area contributed by atoms with Crippen LogP contribution < -0.4 is 19.5 Å². The molecule has 0 radical (unpaired) electrons. The lowest BCUT2D eigenvalue weighted by atomic mass is 10.1. The first-order chi connectivity index (χ1) is 16.5. The second-order valence-corrected chi connectivity index (χ2v) is 8.55. The number of benzene rings is 2. The number of nitro benzene ring substituents is 1. The van der Waals surface area contributed by atoms with E-state index in [0.717, 1.165) is 21.8 Å². The molecular formula is C23H18N2O8S. The van der Waals surface area contributed by atoms with Gasteiger partial charge in [0.2, 0.25) is 0 Å². The Labute approximate surface area is 197 Å². The molecule has 0 fully saturated rings. The summed E-state index contributed by atoms with van der Waals surface area (Å²) in [6, 6.07) is 11.8. The van der Waals surface area contributed by atoms with Crippen LogP contribution in [0.25, 0.3) is 10.4 Å². The summed E-state index contributed by atoms with van der Waals surface area (Å²) in [6.45, 7) is 0.482. The molecule has 11 heteroatoms. The molecule has 0 saturated carbocycles. The van der Waals surface area contributed by atoms with Crippen molar-refractivity contribution >= 4 is 34.6 Å². The minimum atomic E-state index is -0.721. The molecule has 1 amide bonds. The highest BCUT2D eigenvalue weighted by Crippen LogP contribution is 2.42. The maximum absolute atomic E-state index is 12.6. The van der Waals surface area contributed by atoms with E-state index in [2.05, 4.69) is 5.32 Å². The number of fused-ring (bicyclic) bond motifs is 4. The van der Waals surface area contributed by atoms with Gasteiger partial charge in [-0.2, -0.15) is 0 Å². The van der Waals surface area contributed by atoms with Crippen LogP contribution in [0.4, 0.5) is 11.4 Å². The van der Waals surface area contributed by atoms with Crippen molar-refractivity contribution in [2.24, 2.45) is 0 Å². The molecule has 0 aliphatic carbocycles.